The van der Waals surface area contributed by atoms with E-state index in [9.17, 15) is 18.4 Å². The molecule has 1 saturated heterocycles. The molecule has 1 aliphatic heterocycles. The Kier molecular flexibility index (Phi) is 6.01. The van der Waals surface area contributed by atoms with E-state index in [0.717, 1.165) is 0 Å². The van der Waals surface area contributed by atoms with Crippen molar-refractivity contribution in [1.29, 1.82) is 0 Å². The third-order valence-electron chi connectivity index (χ3n) is 4.59. The number of anilines is 1. The smallest absolute Gasteiger partial charge is 0.321 e. The monoisotopic (exact) mass is 373 g/mol. The van der Waals surface area contributed by atoms with Crippen molar-refractivity contribution in [2.75, 3.05) is 18.4 Å². The largest absolute Gasteiger partial charge is 0.352 e. The van der Waals surface area contributed by atoms with Crippen LogP contribution in [0.1, 0.15) is 18.4 Å². The highest BCUT2D eigenvalue weighted by Gasteiger charge is 2.28. The van der Waals surface area contributed by atoms with Crippen molar-refractivity contribution >= 4 is 17.6 Å². The Morgan fingerprint density at radius 2 is 1.81 bits per heavy atom. The van der Waals surface area contributed by atoms with Gasteiger partial charge in [-0.15, -0.1) is 0 Å². The lowest BCUT2D eigenvalue weighted by Crippen LogP contribution is -2.46. The number of urea groups is 1. The Bertz CT molecular complexity index is 811. The molecule has 7 heteroatoms. The molecule has 27 heavy (non-hydrogen) atoms. The standard InChI is InChI=1S/C20H21F2N3O2/c21-16-7-9-17(10-8-16)24-20(27)25-11-3-5-15(13-25)19(26)23-12-14-4-1-2-6-18(14)22/h1-2,4,6-10,15H,3,5,11-13H2,(H,23,26)(H,24,27)/t15-/m0/s1. The van der Waals surface area contributed by atoms with Gasteiger partial charge >= 0.3 is 6.03 Å². The molecule has 5 nitrogen and oxygen atoms in total. The third kappa shape index (κ3) is 5.03. The fourth-order valence-electron chi connectivity index (χ4n) is 3.08. The van der Waals surface area contributed by atoms with Crippen LogP contribution in [0, 0.1) is 17.6 Å². The van der Waals surface area contributed by atoms with Gasteiger partial charge in [0.15, 0.2) is 0 Å². The topological polar surface area (TPSA) is 61.4 Å². The second kappa shape index (κ2) is 8.62. The summed E-state index contributed by atoms with van der Waals surface area (Å²) in [5.41, 5.74) is 0.917. The summed E-state index contributed by atoms with van der Waals surface area (Å²) in [5.74, 6) is -1.28. The van der Waals surface area contributed by atoms with Gasteiger partial charge in [0.2, 0.25) is 5.91 Å². The van der Waals surface area contributed by atoms with E-state index < -0.39 is 0 Å². The molecule has 0 unspecified atom stereocenters. The summed E-state index contributed by atoms with van der Waals surface area (Å²) in [6, 6.07) is 11.5. The molecule has 1 aliphatic rings. The molecule has 2 aromatic carbocycles. The van der Waals surface area contributed by atoms with Gasteiger partial charge in [0, 0.05) is 30.9 Å². The van der Waals surface area contributed by atoms with Gasteiger partial charge in [-0.3, -0.25) is 4.79 Å². The first-order valence-electron chi connectivity index (χ1n) is 8.85. The number of amides is 3. The molecule has 0 bridgehead atoms. The molecule has 3 amide bonds. The SMILES string of the molecule is O=C(NCc1ccccc1F)[C@H]1CCCN(C(=O)Nc2ccc(F)cc2)C1. The van der Waals surface area contributed by atoms with Crippen LogP contribution in [0.4, 0.5) is 19.3 Å². The van der Waals surface area contributed by atoms with Crippen molar-refractivity contribution in [1.82, 2.24) is 10.2 Å². The number of carbonyl (C=O) groups excluding carboxylic acids is 2. The minimum atomic E-state index is -0.377. The van der Waals surface area contributed by atoms with Crippen molar-refractivity contribution < 1.29 is 18.4 Å². The van der Waals surface area contributed by atoms with E-state index in [1.165, 1.54) is 30.3 Å². The number of halogens is 2. The van der Waals surface area contributed by atoms with E-state index in [4.69, 9.17) is 0 Å². The molecule has 2 aromatic rings. The first-order chi connectivity index (χ1) is 13.0. The van der Waals surface area contributed by atoms with E-state index in [1.54, 1.807) is 23.1 Å². The molecule has 1 fully saturated rings. The van der Waals surface area contributed by atoms with Gasteiger partial charge in [-0.1, -0.05) is 18.2 Å². The number of piperidine rings is 1. The summed E-state index contributed by atoms with van der Waals surface area (Å²) in [6.45, 7) is 0.948. The van der Waals surface area contributed by atoms with Crippen LogP contribution in [0.25, 0.3) is 0 Å². The Labute approximate surface area is 156 Å². The predicted molar refractivity (Wildman–Crippen MR) is 98.0 cm³/mol. The maximum absolute atomic E-state index is 13.6. The van der Waals surface area contributed by atoms with Crippen LogP contribution in [0.3, 0.4) is 0 Å². The zero-order chi connectivity index (χ0) is 19.2. The van der Waals surface area contributed by atoms with E-state index in [0.29, 0.717) is 30.6 Å². The number of carbonyl (C=O) groups is 2. The fourth-order valence-corrected chi connectivity index (χ4v) is 3.08. The third-order valence-corrected chi connectivity index (χ3v) is 4.59. The molecular weight excluding hydrogens is 352 g/mol. The zero-order valence-corrected chi connectivity index (χ0v) is 14.8. The Hall–Kier alpha value is -2.96. The molecular formula is C20H21F2N3O2. The summed E-state index contributed by atoms with van der Waals surface area (Å²) in [6.07, 6.45) is 1.37. The Morgan fingerprint density at radius 1 is 1.07 bits per heavy atom. The summed E-state index contributed by atoms with van der Waals surface area (Å²) >= 11 is 0. The molecule has 142 valence electrons. The fraction of sp³-hybridized carbons (Fsp3) is 0.300. The van der Waals surface area contributed by atoms with Crippen molar-refractivity contribution in [3.05, 3.63) is 65.7 Å². The van der Waals surface area contributed by atoms with Gasteiger partial charge in [-0.05, 0) is 43.2 Å². The van der Waals surface area contributed by atoms with E-state index >= 15 is 0 Å². The maximum atomic E-state index is 13.6. The molecule has 0 spiro atoms. The zero-order valence-electron chi connectivity index (χ0n) is 14.8. The lowest BCUT2D eigenvalue weighted by molar-refractivity contribution is -0.126. The van der Waals surface area contributed by atoms with Crippen molar-refractivity contribution in [3.63, 3.8) is 0 Å². The van der Waals surface area contributed by atoms with Crippen LogP contribution in [0.2, 0.25) is 0 Å². The number of benzene rings is 2. The van der Waals surface area contributed by atoms with Crippen molar-refractivity contribution in [3.8, 4) is 0 Å². The average molecular weight is 373 g/mol. The van der Waals surface area contributed by atoms with Crippen molar-refractivity contribution in [2.24, 2.45) is 5.92 Å². The lowest BCUT2D eigenvalue weighted by Gasteiger charge is -2.32. The van der Waals surface area contributed by atoms with Crippen LogP contribution < -0.4 is 10.6 Å². The highest BCUT2D eigenvalue weighted by molar-refractivity contribution is 5.90. The van der Waals surface area contributed by atoms with Crippen LogP contribution >= 0.6 is 0 Å². The maximum Gasteiger partial charge on any atom is 0.321 e. The summed E-state index contributed by atoms with van der Waals surface area (Å²) < 4.78 is 26.6. The van der Waals surface area contributed by atoms with Gasteiger partial charge < -0.3 is 15.5 Å². The quantitative estimate of drug-likeness (QED) is 0.861. The molecule has 0 saturated carbocycles. The van der Waals surface area contributed by atoms with Crippen LogP contribution in [-0.4, -0.2) is 29.9 Å². The number of nitrogens with one attached hydrogen (secondary N) is 2. The number of hydrogen-bond donors (Lipinski definition) is 2. The minimum absolute atomic E-state index is 0.115. The van der Waals surface area contributed by atoms with Gasteiger partial charge in [0.1, 0.15) is 11.6 Å². The Balaban J connectivity index is 1.53. The summed E-state index contributed by atoms with van der Waals surface area (Å²) in [4.78, 5) is 26.4. The summed E-state index contributed by atoms with van der Waals surface area (Å²) in [7, 11) is 0. The molecule has 1 heterocycles. The molecule has 2 N–H and O–H groups in total. The van der Waals surface area contributed by atoms with E-state index in [-0.39, 0.29) is 42.6 Å². The van der Waals surface area contributed by atoms with Crippen molar-refractivity contribution in [2.45, 2.75) is 19.4 Å². The summed E-state index contributed by atoms with van der Waals surface area (Å²) in [5, 5.41) is 5.45. The highest BCUT2D eigenvalue weighted by atomic mass is 19.1. The van der Waals surface area contributed by atoms with E-state index in [2.05, 4.69) is 10.6 Å². The first-order valence-corrected chi connectivity index (χ1v) is 8.85. The highest BCUT2D eigenvalue weighted by Crippen LogP contribution is 2.19. The number of hydrogen-bond acceptors (Lipinski definition) is 2. The van der Waals surface area contributed by atoms with Gasteiger partial charge in [-0.25, -0.2) is 13.6 Å². The van der Waals surface area contributed by atoms with Crippen LogP contribution in [-0.2, 0) is 11.3 Å². The van der Waals surface area contributed by atoms with Gasteiger partial charge in [0.05, 0.1) is 5.92 Å². The first kappa shape index (κ1) is 18.8. The molecule has 0 radical (unpaired) electrons. The molecule has 1 atom stereocenters. The average Bonchev–Trinajstić information content (AvgIpc) is 2.69. The second-order valence-corrected chi connectivity index (χ2v) is 6.53. The molecule has 0 aromatic heterocycles. The van der Waals surface area contributed by atoms with Crippen LogP contribution in [0.15, 0.2) is 48.5 Å². The number of likely N-dealkylation sites (tertiary alicyclic amines) is 1. The second-order valence-electron chi connectivity index (χ2n) is 6.53. The predicted octanol–water partition coefficient (Wildman–Crippen LogP) is 3.53. The number of rotatable bonds is 4. The number of nitrogens with zero attached hydrogens (tertiary/aromatic N) is 1. The normalized spacial score (nSPS) is 16.7. The van der Waals surface area contributed by atoms with Gasteiger partial charge in [0.25, 0.3) is 0 Å². The van der Waals surface area contributed by atoms with Crippen LogP contribution in [0.5, 0.6) is 0 Å². The Morgan fingerprint density at radius 3 is 2.56 bits per heavy atom. The molecule has 0 aliphatic carbocycles. The van der Waals surface area contributed by atoms with E-state index in [1.807, 2.05) is 0 Å². The lowest BCUT2D eigenvalue weighted by atomic mass is 9.97. The van der Waals surface area contributed by atoms with Gasteiger partial charge in [-0.2, -0.15) is 0 Å². The molecule has 3 rings (SSSR count). The minimum Gasteiger partial charge on any atom is -0.352 e.